The molecule has 2 aromatic heterocycles. The maximum atomic E-state index is 5.94. The second-order valence-corrected chi connectivity index (χ2v) is 4.86. The van der Waals surface area contributed by atoms with Crippen molar-refractivity contribution in [2.45, 2.75) is 6.54 Å². The van der Waals surface area contributed by atoms with Crippen molar-refractivity contribution in [3.8, 4) is 11.3 Å². The third kappa shape index (κ3) is 2.81. The summed E-state index contributed by atoms with van der Waals surface area (Å²) in [5.41, 5.74) is 7.89. The molecule has 1 saturated heterocycles. The second-order valence-electron chi connectivity index (χ2n) is 4.86. The monoisotopic (exact) mass is 273 g/mol. The number of nitrogen functional groups attached to an aromatic ring is 1. The Morgan fingerprint density at radius 1 is 1.25 bits per heavy atom. The summed E-state index contributed by atoms with van der Waals surface area (Å²) in [6.45, 7) is 5.54. The first-order valence-electron chi connectivity index (χ1n) is 6.85. The van der Waals surface area contributed by atoms with Crippen LogP contribution in [-0.4, -0.2) is 52.3 Å². The Kier molecular flexibility index (Phi) is 3.94. The molecule has 1 aliphatic rings. The van der Waals surface area contributed by atoms with Crippen molar-refractivity contribution >= 4 is 5.82 Å². The van der Waals surface area contributed by atoms with E-state index < -0.39 is 0 Å². The van der Waals surface area contributed by atoms with Crippen molar-refractivity contribution in [1.29, 1.82) is 0 Å². The number of nitrogens with two attached hydrogens (primary N) is 1. The largest absolute Gasteiger partial charge is 0.383 e. The average molecular weight is 273 g/mol. The fourth-order valence-corrected chi connectivity index (χ4v) is 2.43. The van der Waals surface area contributed by atoms with Crippen molar-refractivity contribution in [2.75, 3.05) is 38.6 Å². The van der Waals surface area contributed by atoms with Gasteiger partial charge in [0.25, 0.3) is 0 Å². The van der Waals surface area contributed by atoms with Crippen molar-refractivity contribution in [1.82, 2.24) is 19.4 Å². The molecular weight excluding hydrogens is 254 g/mol. The fourth-order valence-electron chi connectivity index (χ4n) is 2.43. The molecule has 1 aliphatic heterocycles. The molecule has 0 spiro atoms. The molecule has 0 unspecified atom stereocenters. The molecule has 3 rings (SSSR count). The molecule has 0 saturated carbocycles. The SMILES string of the molecule is Nc1ncccc1-c1cncn1CCN1CCOCC1. The summed E-state index contributed by atoms with van der Waals surface area (Å²) in [7, 11) is 0. The lowest BCUT2D eigenvalue weighted by molar-refractivity contribution is 0.0364. The number of morpholine rings is 1. The maximum absolute atomic E-state index is 5.94. The standard InChI is InChI=1S/C14H19N5O/c15-14-12(2-1-3-17-14)13-10-16-11-19(13)5-4-18-6-8-20-9-7-18/h1-3,10-11H,4-9H2,(H2,15,17). The van der Waals surface area contributed by atoms with Crippen LogP contribution in [0.15, 0.2) is 30.9 Å². The van der Waals surface area contributed by atoms with Gasteiger partial charge in [-0.3, -0.25) is 4.90 Å². The number of ether oxygens (including phenoxy) is 1. The predicted molar refractivity (Wildman–Crippen MR) is 77.1 cm³/mol. The molecule has 2 N–H and O–H groups in total. The molecule has 0 amide bonds. The van der Waals surface area contributed by atoms with Gasteiger partial charge in [0.05, 0.1) is 31.4 Å². The molecule has 6 nitrogen and oxygen atoms in total. The van der Waals surface area contributed by atoms with Crippen LogP contribution in [0.5, 0.6) is 0 Å². The molecule has 20 heavy (non-hydrogen) atoms. The van der Waals surface area contributed by atoms with E-state index in [1.165, 1.54) is 0 Å². The van der Waals surface area contributed by atoms with E-state index in [0.29, 0.717) is 5.82 Å². The van der Waals surface area contributed by atoms with E-state index in [1.807, 2.05) is 24.7 Å². The van der Waals surface area contributed by atoms with Crippen molar-refractivity contribution < 1.29 is 4.74 Å². The van der Waals surface area contributed by atoms with Crippen molar-refractivity contribution in [3.63, 3.8) is 0 Å². The quantitative estimate of drug-likeness (QED) is 0.894. The number of imidazole rings is 1. The Morgan fingerprint density at radius 2 is 2.10 bits per heavy atom. The second kappa shape index (κ2) is 6.02. The van der Waals surface area contributed by atoms with Gasteiger partial charge in [-0.05, 0) is 12.1 Å². The number of aromatic nitrogens is 3. The van der Waals surface area contributed by atoms with Gasteiger partial charge in [-0.15, -0.1) is 0 Å². The Balaban J connectivity index is 1.72. The van der Waals surface area contributed by atoms with Gasteiger partial charge < -0.3 is 15.0 Å². The van der Waals surface area contributed by atoms with Gasteiger partial charge in [-0.1, -0.05) is 0 Å². The van der Waals surface area contributed by atoms with Crippen LogP contribution < -0.4 is 5.73 Å². The first-order valence-corrected chi connectivity index (χ1v) is 6.85. The van der Waals surface area contributed by atoms with E-state index in [4.69, 9.17) is 10.5 Å². The minimum Gasteiger partial charge on any atom is -0.383 e. The molecule has 0 aliphatic carbocycles. The molecule has 2 aromatic rings. The van der Waals surface area contributed by atoms with E-state index in [9.17, 15) is 0 Å². The zero-order valence-electron chi connectivity index (χ0n) is 11.4. The van der Waals surface area contributed by atoms with E-state index in [1.54, 1.807) is 6.20 Å². The summed E-state index contributed by atoms with van der Waals surface area (Å²) >= 11 is 0. The van der Waals surface area contributed by atoms with Crippen LogP contribution in [0.25, 0.3) is 11.3 Å². The summed E-state index contributed by atoms with van der Waals surface area (Å²) in [6, 6.07) is 3.87. The minimum atomic E-state index is 0.542. The average Bonchev–Trinajstić information content (AvgIpc) is 2.95. The summed E-state index contributed by atoms with van der Waals surface area (Å²) in [5.74, 6) is 0.542. The van der Waals surface area contributed by atoms with Crippen molar-refractivity contribution in [2.24, 2.45) is 0 Å². The summed E-state index contributed by atoms with van der Waals surface area (Å²) < 4.78 is 7.49. The van der Waals surface area contributed by atoms with E-state index in [2.05, 4.69) is 19.4 Å². The topological polar surface area (TPSA) is 69.2 Å². The molecule has 0 aromatic carbocycles. The number of pyridine rings is 1. The molecule has 106 valence electrons. The van der Waals surface area contributed by atoms with Crippen LogP contribution in [0.2, 0.25) is 0 Å². The first kappa shape index (κ1) is 13.1. The highest BCUT2D eigenvalue weighted by Crippen LogP contribution is 2.23. The molecule has 3 heterocycles. The third-order valence-corrected chi connectivity index (χ3v) is 3.59. The van der Waals surface area contributed by atoms with Gasteiger partial charge in [0, 0.05) is 37.9 Å². The smallest absolute Gasteiger partial charge is 0.132 e. The number of nitrogens with zero attached hydrogens (tertiary/aromatic N) is 4. The van der Waals surface area contributed by atoms with Crippen LogP contribution in [0.3, 0.4) is 0 Å². The van der Waals surface area contributed by atoms with Crippen LogP contribution in [0, 0.1) is 0 Å². The van der Waals surface area contributed by atoms with Crippen LogP contribution in [0.4, 0.5) is 5.82 Å². The Labute approximate surface area is 118 Å². The molecule has 0 bridgehead atoms. The van der Waals surface area contributed by atoms with Gasteiger partial charge in [0.15, 0.2) is 0 Å². The molecular formula is C14H19N5O. The summed E-state index contributed by atoms with van der Waals surface area (Å²) in [6.07, 6.45) is 5.39. The Morgan fingerprint density at radius 3 is 2.90 bits per heavy atom. The van der Waals surface area contributed by atoms with Gasteiger partial charge in [-0.25, -0.2) is 9.97 Å². The molecule has 0 atom stereocenters. The number of hydrogen-bond acceptors (Lipinski definition) is 5. The minimum absolute atomic E-state index is 0.542. The van der Waals surface area contributed by atoms with Gasteiger partial charge in [-0.2, -0.15) is 0 Å². The summed E-state index contributed by atoms with van der Waals surface area (Å²) in [4.78, 5) is 10.8. The lowest BCUT2D eigenvalue weighted by Crippen LogP contribution is -2.38. The van der Waals surface area contributed by atoms with Gasteiger partial charge >= 0.3 is 0 Å². The van der Waals surface area contributed by atoms with E-state index in [0.717, 1.165) is 50.7 Å². The lowest BCUT2D eigenvalue weighted by Gasteiger charge is -2.26. The van der Waals surface area contributed by atoms with Crippen molar-refractivity contribution in [3.05, 3.63) is 30.9 Å². The number of rotatable bonds is 4. The molecule has 0 radical (unpaired) electrons. The highest BCUT2D eigenvalue weighted by Gasteiger charge is 2.12. The number of hydrogen-bond donors (Lipinski definition) is 1. The van der Waals surface area contributed by atoms with Crippen LogP contribution >= 0.6 is 0 Å². The van der Waals surface area contributed by atoms with E-state index in [-0.39, 0.29) is 0 Å². The maximum Gasteiger partial charge on any atom is 0.132 e. The first-order chi connectivity index (χ1) is 9.84. The Bertz CT molecular complexity index is 562. The zero-order valence-corrected chi connectivity index (χ0v) is 11.4. The van der Waals surface area contributed by atoms with Gasteiger partial charge in [0.2, 0.25) is 0 Å². The Hall–Kier alpha value is -1.92. The highest BCUT2D eigenvalue weighted by atomic mass is 16.5. The van der Waals surface area contributed by atoms with E-state index >= 15 is 0 Å². The highest BCUT2D eigenvalue weighted by molar-refractivity contribution is 5.70. The number of anilines is 1. The zero-order chi connectivity index (χ0) is 13.8. The predicted octanol–water partition coefficient (Wildman–Crippen LogP) is 0.859. The molecule has 1 fully saturated rings. The van der Waals surface area contributed by atoms with Crippen LogP contribution in [0.1, 0.15) is 0 Å². The normalized spacial score (nSPS) is 16.4. The van der Waals surface area contributed by atoms with Crippen LogP contribution in [-0.2, 0) is 11.3 Å². The summed E-state index contributed by atoms with van der Waals surface area (Å²) in [5, 5.41) is 0. The lowest BCUT2D eigenvalue weighted by atomic mass is 10.2. The molecule has 6 heteroatoms. The third-order valence-electron chi connectivity index (χ3n) is 3.59. The fraction of sp³-hybridized carbons (Fsp3) is 0.429. The van der Waals surface area contributed by atoms with Gasteiger partial charge in [0.1, 0.15) is 5.82 Å².